The van der Waals surface area contributed by atoms with E-state index in [9.17, 15) is 0 Å². The lowest BCUT2D eigenvalue weighted by atomic mass is 9.84. The molecule has 3 unspecified atom stereocenters. The molecule has 0 radical (unpaired) electrons. The SMILES string of the molecule is CC(C)(C)C1C2Cc3c(Cl)cccc3C21. The van der Waals surface area contributed by atoms with E-state index >= 15 is 0 Å². The number of halogens is 1. The third kappa shape index (κ3) is 1.27. The summed E-state index contributed by atoms with van der Waals surface area (Å²) in [6.45, 7) is 7.08. The van der Waals surface area contributed by atoms with Gasteiger partial charge in [-0.2, -0.15) is 0 Å². The Morgan fingerprint density at radius 3 is 2.67 bits per heavy atom. The molecular weight excluding hydrogens is 204 g/mol. The molecule has 0 saturated heterocycles. The number of benzene rings is 1. The molecule has 3 atom stereocenters. The third-order valence-corrected chi connectivity index (χ3v) is 4.48. The quantitative estimate of drug-likeness (QED) is 0.613. The first-order valence-corrected chi connectivity index (χ1v) is 6.15. The zero-order valence-electron chi connectivity index (χ0n) is 9.55. The molecule has 0 bridgehead atoms. The summed E-state index contributed by atoms with van der Waals surface area (Å²) in [4.78, 5) is 0. The fourth-order valence-corrected chi connectivity index (χ4v) is 3.83. The Morgan fingerprint density at radius 1 is 1.27 bits per heavy atom. The molecule has 0 N–H and O–H groups in total. The van der Waals surface area contributed by atoms with E-state index in [1.165, 1.54) is 17.5 Å². The van der Waals surface area contributed by atoms with E-state index in [1.54, 1.807) is 0 Å². The standard InChI is InChI=1S/C14H17Cl/c1-14(2,3)13-10-7-9-8(12(10)13)5-4-6-11(9)15/h4-6,10,12-13H,7H2,1-3H3. The summed E-state index contributed by atoms with van der Waals surface area (Å²) in [5.41, 5.74) is 3.41. The highest BCUT2D eigenvalue weighted by atomic mass is 35.5. The second-order valence-electron chi connectivity index (χ2n) is 6.09. The molecule has 80 valence electrons. The summed E-state index contributed by atoms with van der Waals surface area (Å²) in [6, 6.07) is 6.40. The molecule has 15 heavy (non-hydrogen) atoms. The number of fused-ring (bicyclic) bond motifs is 3. The van der Waals surface area contributed by atoms with Crippen molar-refractivity contribution in [1.29, 1.82) is 0 Å². The summed E-state index contributed by atoms with van der Waals surface area (Å²) in [7, 11) is 0. The Bertz CT molecular complexity index is 414. The van der Waals surface area contributed by atoms with Gasteiger partial charge in [-0.05, 0) is 46.8 Å². The zero-order chi connectivity index (χ0) is 10.8. The maximum absolute atomic E-state index is 6.22. The van der Waals surface area contributed by atoms with Crippen LogP contribution >= 0.6 is 11.6 Å². The van der Waals surface area contributed by atoms with Crippen molar-refractivity contribution in [1.82, 2.24) is 0 Å². The Hall–Kier alpha value is -0.490. The first-order valence-electron chi connectivity index (χ1n) is 5.77. The van der Waals surface area contributed by atoms with Crippen LogP contribution in [0.4, 0.5) is 0 Å². The van der Waals surface area contributed by atoms with Gasteiger partial charge < -0.3 is 0 Å². The van der Waals surface area contributed by atoms with Crippen molar-refractivity contribution in [3.8, 4) is 0 Å². The van der Waals surface area contributed by atoms with Gasteiger partial charge in [0.1, 0.15) is 0 Å². The number of hydrogen-bond donors (Lipinski definition) is 0. The second-order valence-corrected chi connectivity index (χ2v) is 6.50. The van der Waals surface area contributed by atoms with Crippen LogP contribution in [0, 0.1) is 17.3 Å². The third-order valence-electron chi connectivity index (χ3n) is 4.12. The molecule has 0 spiro atoms. The van der Waals surface area contributed by atoms with Gasteiger partial charge in [0, 0.05) is 5.02 Å². The van der Waals surface area contributed by atoms with Crippen molar-refractivity contribution in [3.05, 3.63) is 34.3 Å². The van der Waals surface area contributed by atoms with Gasteiger partial charge in [-0.25, -0.2) is 0 Å². The topological polar surface area (TPSA) is 0 Å². The Kier molecular flexibility index (Phi) is 1.81. The minimum Gasteiger partial charge on any atom is -0.0840 e. The van der Waals surface area contributed by atoms with Crippen LogP contribution in [0.15, 0.2) is 18.2 Å². The van der Waals surface area contributed by atoms with E-state index in [4.69, 9.17) is 11.6 Å². The molecule has 1 saturated carbocycles. The highest BCUT2D eigenvalue weighted by molar-refractivity contribution is 6.31. The Balaban J connectivity index is 1.98. The van der Waals surface area contributed by atoms with Gasteiger partial charge in [0.25, 0.3) is 0 Å². The van der Waals surface area contributed by atoms with Crippen LogP contribution in [-0.2, 0) is 6.42 Å². The van der Waals surface area contributed by atoms with Gasteiger partial charge in [-0.1, -0.05) is 44.5 Å². The van der Waals surface area contributed by atoms with E-state index in [2.05, 4.69) is 32.9 Å². The fourth-order valence-electron chi connectivity index (χ4n) is 3.57. The van der Waals surface area contributed by atoms with E-state index in [0.29, 0.717) is 5.41 Å². The number of rotatable bonds is 0. The van der Waals surface area contributed by atoms with Crippen LogP contribution in [0.25, 0.3) is 0 Å². The monoisotopic (exact) mass is 220 g/mol. The lowest BCUT2D eigenvalue weighted by Crippen LogP contribution is -2.13. The molecular formula is C14H17Cl. The summed E-state index contributed by atoms with van der Waals surface area (Å²) in [5.74, 6) is 2.56. The van der Waals surface area contributed by atoms with Crippen molar-refractivity contribution < 1.29 is 0 Å². The highest BCUT2D eigenvalue weighted by Gasteiger charge is 2.59. The molecule has 0 heterocycles. The summed E-state index contributed by atoms with van der Waals surface area (Å²) in [5, 5.41) is 0.979. The summed E-state index contributed by atoms with van der Waals surface area (Å²) < 4.78 is 0. The molecule has 1 fully saturated rings. The molecule has 0 amide bonds. The molecule has 3 rings (SSSR count). The Morgan fingerprint density at radius 2 is 2.00 bits per heavy atom. The van der Waals surface area contributed by atoms with Gasteiger partial charge in [-0.3, -0.25) is 0 Å². The number of hydrogen-bond acceptors (Lipinski definition) is 0. The minimum absolute atomic E-state index is 0.454. The van der Waals surface area contributed by atoms with E-state index in [1.807, 2.05) is 6.07 Å². The summed E-state index contributed by atoms with van der Waals surface area (Å²) in [6.07, 6.45) is 1.21. The van der Waals surface area contributed by atoms with Crippen molar-refractivity contribution in [2.45, 2.75) is 33.1 Å². The van der Waals surface area contributed by atoms with Crippen LogP contribution in [-0.4, -0.2) is 0 Å². The summed E-state index contributed by atoms with van der Waals surface area (Å²) >= 11 is 6.22. The first-order chi connectivity index (χ1) is 7.00. The van der Waals surface area contributed by atoms with Crippen LogP contribution < -0.4 is 0 Å². The molecule has 0 aliphatic heterocycles. The van der Waals surface area contributed by atoms with Crippen molar-refractivity contribution in [2.75, 3.05) is 0 Å². The average molecular weight is 221 g/mol. The molecule has 0 aromatic heterocycles. The largest absolute Gasteiger partial charge is 0.0840 e. The highest BCUT2D eigenvalue weighted by Crippen LogP contribution is 2.67. The van der Waals surface area contributed by atoms with E-state index in [-0.39, 0.29) is 0 Å². The average Bonchev–Trinajstić information content (AvgIpc) is 2.73. The predicted molar refractivity (Wildman–Crippen MR) is 64.3 cm³/mol. The lowest BCUT2D eigenvalue weighted by molar-refractivity contribution is 0.321. The molecule has 1 aromatic rings. The molecule has 0 nitrogen and oxygen atoms in total. The van der Waals surface area contributed by atoms with Gasteiger partial charge in [-0.15, -0.1) is 0 Å². The smallest absolute Gasteiger partial charge is 0.0440 e. The van der Waals surface area contributed by atoms with Crippen molar-refractivity contribution >= 4 is 11.6 Å². The minimum atomic E-state index is 0.454. The molecule has 1 aromatic carbocycles. The van der Waals surface area contributed by atoms with Gasteiger partial charge >= 0.3 is 0 Å². The van der Waals surface area contributed by atoms with Crippen LogP contribution in [0.1, 0.15) is 37.8 Å². The lowest BCUT2D eigenvalue weighted by Gasteiger charge is -2.21. The van der Waals surface area contributed by atoms with Gasteiger partial charge in [0.2, 0.25) is 0 Å². The Labute approximate surface area is 96.6 Å². The fraction of sp³-hybridized carbons (Fsp3) is 0.571. The van der Waals surface area contributed by atoms with Crippen molar-refractivity contribution in [3.63, 3.8) is 0 Å². The molecule has 2 aliphatic rings. The second kappa shape index (κ2) is 2.79. The first kappa shape index (κ1) is 9.72. The zero-order valence-corrected chi connectivity index (χ0v) is 10.3. The van der Waals surface area contributed by atoms with Crippen LogP contribution in [0.2, 0.25) is 5.02 Å². The normalized spacial score (nSPS) is 32.4. The van der Waals surface area contributed by atoms with Gasteiger partial charge in [0.05, 0.1) is 0 Å². The maximum Gasteiger partial charge on any atom is 0.0440 e. The van der Waals surface area contributed by atoms with Crippen LogP contribution in [0.3, 0.4) is 0 Å². The predicted octanol–water partition coefficient (Wildman–Crippen LogP) is 4.27. The molecule has 1 heteroatoms. The van der Waals surface area contributed by atoms with Crippen LogP contribution in [0.5, 0.6) is 0 Å². The van der Waals surface area contributed by atoms with E-state index < -0.39 is 0 Å². The maximum atomic E-state index is 6.22. The van der Waals surface area contributed by atoms with Gasteiger partial charge in [0.15, 0.2) is 0 Å². The van der Waals surface area contributed by atoms with Crippen molar-refractivity contribution in [2.24, 2.45) is 17.3 Å². The molecule has 2 aliphatic carbocycles. The van der Waals surface area contributed by atoms with E-state index in [0.717, 1.165) is 22.8 Å².